The molecule has 0 N–H and O–H groups in total. The lowest BCUT2D eigenvalue weighted by Gasteiger charge is -2.13. The molecule has 0 spiro atoms. The summed E-state index contributed by atoms with van der Waals surface area (Å²) >= 11 is 9.23. The Bertz CT molecular complexity index is 369. The fourth-order valence-electron chi connectivity index (χ4n) is 1.68. The van der Waals surface area contributed by atoms with Crippen LogP contribution in [-0.4, -0.2) is 29.3 Å². The molecule has 1 fully saturated rings. The van der Waals surface area contributed by atoms with Gasteiger partial charge in [-0.15, -0.1) is 11.6 Å². The molecule has 1 aliphatic heterocycles. The van der Waals surface area contributed by atoms with Gasteiger partial charge in [0.1, 0.15) is 0 Å². The number of halogens is 2. The van der Waals surface area contributed by atoms with Crippen LogP contribution in [-0.2, 0) is 0 Å². The largest absolute Gasteiger partial charge is 0.444 e. The van der Waals surface area contributed by atoms with Gasteiger partial charge in [-0.3, -0.25) is 4.79 Å². The van der Waals surface area contributed by atoms with Gasteiger partial charge in [0.05, 0.1) is 5.38 Å². The number of furan rings is 1. The normalized spacial score (nSPS) is 25.9. The summed E-state index contributed by atoms with van der Waals surface area (Å²) < 4.78 is 5.78. The Hall–Kier alpha value is -0.480. The van der Waals surface area contributed by atoms with Crippen molar-refractivity contribution in [3.05, 3.63) is 22.6 Å². The molecule has 2 atom stereocenters. The molecular formula is C10H11BrClNO2. The molecule has 1 amide bonds. The summed E-state index contributed by atoms with van der Waals surface area (Å²) in [7, 11) is 0. The number of hydrogen-bond donors (Lipinski definition) is 0. The molecule has 0 bridgehead atoms. The second kappa shape index (κ2) is 4.18. The van der Waals surface area contributed by atoms with Gasteiger partial charge in [0.2, 0.25) is 0 Å². The van der Waals surface area contributed by atoms with Crippen molar-refractivity contribution in [2.24, 2.45) is 5.92 Å². The van der Waals surface area contributed by atoms with Crippen LogP contribution in [0.3, 0.4) is 0 Å². The van der Waals surface area contributed by atoms with Crippen LogP contribution in [0.5, 0.6) is 0 Å². The summed E-state index contributed by atoms with van der Waals surface area (Å²) in [5, 5.41) is 0.0485. The highest BCUT2D eigenvalue weighted by Crippen LogP contribution is 2.24. The Kier molecular flexibility index (Phi) is 3.07. The minimum atomic E-state index is -0.0873. The number of hydrogen-bond acceptors (Lipinski definition) is 2. The average Bonchev–Trinajstić information content (AvgIpc) is 2.74. The number of nitrogens with zero attached hydrogens (tertiary/aromatic N) is 1. The zero-order valence-electron chi connectivity index (χ0n) is 8.24. The van der Waals surface area contributed by atoms with E-state index in [0.29, 0.717) is 29.4 Å². The molecule has 3 nitrogen and oxygen atoms in total. The number of carbonyl (C=O) groups is 1. The third-order valence-electron chi connectivity index (χ3n) is 2.59. The molecule has 1 aromatic rings. The predicted octanol–water partition coefficient (Wildman–Crippen LogP) is 2.74. The summed E-state index contributed by atoms with van der Waals surface area (Å²) in [4.78, 5) is 13.6. The molecule has 0 saturated carbocycles. The summed E-state index contributed by atoms with van der Waals surface area (Å²) in [5.74, 6) is 0.615. The topological polar surface area (TPSA) is 33.5 Å². The molecule has 0 radical (unpaired) electrons. The van der Waals surface area contributed by atoms with E-state index in [1.165, 1.54) is 0 Å². The third-order valence-corrected chi connectivity index (χ3v) is 3.59. The molecule has 1 aromatic heterocycles. The highest BCUT2D eigenvalue weighted by atomic mass is 79.9. The quantitative estimate of drug-likeness (QED) is 0.746. The summed E-state index contributed by atoms with van der Waals surface area (Å²) in [6.45, 7) is 3.34. The minimum Gasteiger partial charge on any atom is -0.444 e. The van der Waals surface area contributed by atoms with Gasteiger partial charge in [-0.05, 0) is 34.0 Å². The van der Waals surface area contributed by atoms with Crippen LogP contribution < -0.4 is 0 Å². The monoisotopic (exact) mass is 291 g/mol. The Balaban J connectivity index is 2.10. The number of rotatable bonds is 1. The summed E-state index contributed by atoms with van der Waals surface area (Å²) in [6.07, 6.45) is 0. The molecule has 2 heterocycles. The molecule has 1 aliphatic rings. The van der Waals surface area contributed by atoms with E-state index >= 15 is 0 Å². The standard InChI is InChI=1S/C10H11BrClNO2/c1-6-4-13(5-7(6)12)10(14)8-2-3-9(11)15-8/h2-3,6-7H,4-5H2,1H3. The van der Waals surface area contributed by atoms with Gasteiger partial charge in [-0.2, -0.15) is 0 Å². The van der Waals surface area contributed by atoms with Crippen molar-refractivity contribution >= 4 is 33.4 Å². The average molecular weight is 293 g/mol. The zero-order valence-corrected chi connectivity index (χ0v) is 10.6. The Morgan fingerprint density at radius 1 is 1.60 bits per heavy atom. The highest BCUT2D eigenvalue weighted by molar-refractivity contribution is 9.10. The van der Waals surface area contributed by atoms with Gasteiger partial charge < -0.3 is 9.32 Å². The lowest BCUT2D eigenvalue weighted by atomic mass is 10.2. The van der Waals surface area contributed by atoms with Crippen LogP contribution in [0, 0.1) is 5.92 Å². The first-order chi connectivity index (χ1) is 7.08. The molecule has 2 rings (SSSR count). The third kappa shape index (κ3) is 2.21. The second-order valence-corrected chi connectivity index (χ2v) is 5.15. The Morgan fingerprint density at radius 3 is 2.80 bits per heavy atom. The first kappa shape index (κ1) is 11.0. The molecule has 82 valence electrons. The van der Waals surface area contributed by atoms with E-state index in [4.69, 9.17) is 16.0 Å². The molecule has 5 heteroatoms. The van der Waals surface area contributed by atoms with Gasteiger partial charge in [-0.1, -0.05) is 6.92 Å². The van der Waals surface area contributed by atoms with Gasteiger partial charge in [0, 0.05) is 13.1 Å². The van der Waals surface area contributed by atoms with E-state index in [1.54, 1.807) is 17.0 Å². The minimum absolute atomic E-state index is 0.0485. The van der Waals surface area contributed by atoms with Crippen molar-refractivity contribution in [1.82, 2.24) is 4.90 Å². The predicted molar refractivity (Wildman–Crippen MR) is 61.1 cm³/mol. The molecule has 0 aliphatic carbocycles. The van der Waals surface area contributed by atoms with E-state index in [1.807, 2.05) is 6.92 Å². The van der Waals surface area contributed by atoms with Crippen LogP contribution in [0.2, 0.25) is 0 Å². The maximum absolute atomic E-state index is 11.9. The van der Waals surface area contributed by atoms with Crippen molar-refractivity contribution in [1.29, 1.82) is 0 Å². The zero-order chi connectivity index (χ0) is 11.0. The van der Waals surface area contributed by atoms with Crippen molar-refractivity contribution in [3.63, 3.8) is 0 Å². The van der Waals surface area contributed by atoms with E-state index in [-0.39, 0.29) is 11.3 Å². The van der Waals surface area contributed by atoms with Crippen LogP contribution in [0.4, 0.5) is 0 Å². The Labute approximate surface area is 102 Å². The lowest BCUT2D eigenvalue weighted by Crippen LogP contribution is -2.28. The van der Waals surface area contributed by atoms with Gasteiger partial charge in [-0.25, -0.2) is 0 Å². The van der Waals surface area contributed by atoms with Crippen LogP contribution in [0.15, 0.2) is 21.2 Å². The summed E-state index contributed by atoms with van der Waals surface area (Å²) in [5.41, 5.74) is 0. The van der Waals surface area contributed by atoms with Crippen LogP contribution >= 0.6 is 27.5 Å². The van der Waals surface area contributed by atoms with Crippen LogP contribution in [0.25, 0.3) is 0 Å². The van der Waals surface area contributed by atoms with Crippen LogP contribution in [0.1, 0.15) is 17.5 Å². The fraction of sp³-hybridized carbons (Fsp3) is 0.500. The number of likely N-dealkylation sites (tertiary alicyclic amines) is 1. The van der Waals surface area contributed by atoms with E-state index < -0.39 is 0 Å². The van der Waals surface area contributed by atoms with Crippen molar-refractivity contribution in [3.8, 4) is 0 Å². The van der Waals surface area contributed by atoms with E-state index in [2.05, 4.69) is 15.9 Å². The number of alkyl halides is 1. The summed E-state index contributed by atoms with van der Waals surface area (Å²) in [6, 6.07) is 3.38. The van der Waals surface area contributed by atoms with E-state index in [0.717, 1.165) is 0 Å². The van der Waals surface area contributed by atoms with Crippen molar-refractivity contribution < 1.29 is 9.21 Å². The van der Waals surface area contributed by atoms with Gasteiger partial charge in [0.25, 0.3) is 5.91 Å². The fourth-order valence-corrected chi connectivity index (χ4v) is 2.23. The number of carbonyl (C=O) groups excluding carboxylic acids is 1. The molecule has 1 saturated heterocycles. The Morgan fingerprint density at radius 2 is 2.33 bits per heavy atom. The maximum atomic E-state index is 11.9. The first-order valence-electron chi connectivity index (χ1n) is 4.76. The first-order valence-corrected chi connectivity index (χ1v) is 5.99. The van der Waals surface area contributed by atoms with Crippen molar-refractivity contribution in [2.45, 2.75) is 12.3 Å². The SMILES string of the molecule is CC1CN(C(=O)c2ccc(Br)o2)CC1Cl. The molecule has 0 aromatic carbocycles. The van der Waals surface area contributed by atoms with Gasteiger partial charge in [0.15, 0.2) is 10.4 Å². The van der Waals surface area contributed by atoms with E-state index in [9.17, 15) is 4.79 Å². The molecular weight excluding hydrogens is 281 g/mol. The highest BCUT2D eigenvalue weighted by Gasteiger charge is 2.32. The molecule has 15 heavy (non-hydrogen) atoms. The molecule has 2 unspecified atom stereocenters. The maximum Gasteiger partial charge on any atom is 0.289 e. The van der Waals surface area contributed by atoms with Gasteiger partial charge >= 0.3 is 0 Å². The smallest absolute Gasteiger partial charge is 0.289 e. The lowest BCUT2D eigenvalue weighted by molar-refractivity contribution is 0.0755. The van der Waals surface area contributed by atoms with Crippen molar-refractivity contribution in [2.75, 3.05) is 13.1 Å². The number of amides is 1. The second-order valence-electron chi connectivity index (χ2n) is 3.81.